The Labute approximate surface area is 98.0 Å². The summed E-state index contributed by atoms with van der Waals surface area (Å²) in [7, 11) is 0. The average molecular weight is 246 g/mol. The van der Waals surface area contributed by atoms with Crippen molar-refractivity contribution in [2.75, 3.05) is 0 Å². The van der Waals surface area contributed by atoms with Crippen molar-refractivity contribution in [3.63, 3.8) is 0 Å². The number of hydrogen-bond acceptors (Lipinski definition) is 2. The van der Waals surface area contributed by atoms with Crippen LogP contribution in [-0.4, -0.2) is 11.1 Å². The van der Waals surface area contributed by atoms with Crippen molar-refractivity contribution >= 4 is 17.6 Å². The van der Waals surface area contributed by atoms with E-state index >= 15 is 0 Å². The highest BCUT2D eigenvalue weighted by atomic mass is 35.5. The first-order valence-corrected chi connectivity index (χ1v) is 5.31. The number of nitrogens with two attached hydrogens (primary N) is 1. The van der Waals surface area contributed by atoms with Gasteiger partial charge in [0.25, 0.3) is 0 Å². The fourth-order valence-electron chi connectivity index (χ4n) is 1.38. The van der Waals surface area contributed by atoms with Gasteiger partial charge in [0.15, 0.2) is 0 Å². The van der Waals surface area contributed by atoms with E-state index in [0.717, 1.165) is 5.56 Å². The van der Waals surface area contributed by atoms with Crippen molar-refractivity contribution in [2.24, 2.45) is 5.73 Å². The second-order valence-electron chi connectivity index (χ2n) is 3.57. The summed E-state index contributed by atoms with van der Waals surface area (Å²) in [5.41, 5.74) is 6.55. The van der Waals surface area contributed by atoms with Gasteiger partial charge in [-0.25, -0.2) is 4.39 Å². The Kier molecular flexibility index (Phi) is 4.71. The molecule has 0 amide bonds. The molecule has 0 fully saturated rings. The first-order chi connectivity index (χ1) is 7.50. The van der Waals surface area contributed by atoms with Crippen LogP contribution in [0, 0.1) is 5.82 Å². The molecule has 1 rings (SSSR count). The minimum Gasteiger partial charge on any atom is -0.481 e. The highest BCUT2D eigenvalue weighted by Crippen LogP contribution is 2.22. The predicted molar refractivity (Wildman–Crippen MR) is 59.8 cm³/mol. The van der Waals surface area contributed by atoms with E-state index in [9.17, 15) is 9.18 Å². The van der Waals surface area contributed by atoms with Crippen LogP contribution in [0.15, 0.2) is 18.2 Å². The average Bonchev–Trinajstić information content (AvgIpc) is 2.21. The van der Waals surface area contributed by atoms with Crippen LogP contribution in [0.25, 0.3) is 0 Å². The lowest BCUT2D eigenvalue weighted by atomic mass is 10.0. The fraction of sp³-hybridized carbons (Fsp3) is 0.364. The van der Waals surface area contributed by atoms with Gasteiger partial charge in [0.1, 0.15) is 5.82 Å². The Morgan fingerprint density at radius 2 is 2.25 bits per heavy atom. The van der Waals surface area contributed by atoms with Crippen LogP contribution in [0.3, 0.4) is 0 Å². The van der Waals surface area contributed by atoms with Gasteiger partial charge in [-0.3, -0.25) is 4.79 Å². The van der Waals surface area contributed by atoms with E-state index in [0.29, 0.717) is 12.8 Å². The van der Waals surface area contributed by atoms with Gasteiger partial charge in [0, 0.05) is 12.5 Å². The van der Waals surface area contributed by atoms with E-state index in [-0.39, 0.29) is 17.5 Å². The van der Waals surface area contributed by atoms with Crippen molar-refractivity contribution in [3.8, 4) is 0 Å². The number of benzene rings is 1. The zero-order valence-electron chi connectivity index (χ0n) is 8.62. The summed E-state index contributed by atoms with van der Waals surface area (Å²) >= 11 is 5.62. The number of hydrogen-bond donors (Lipinski definition) is 2. The van der Waals surface area contributed by atoms with Crippen LogP contribution in [0.4, 0.5) is 4.39 Å². The quantitative estimate of drug-likeness (QED) is 0.838. The Balaban J connectivity index is 2.55. The SMILES string of the molecule is NC(CCCC(=O)O)c1ccc(F)c(Cl)c1. The molecule has 1 aromatic carbocycles. The first kappa shape index (κ1) is 12.9. The first-order valence-electron chi connectivity index (χ1n) is 4.93. The monoisotopic (exact) mass is 245 g/mol. The molecule has 0 saturated carbocycles. The van der Waals surface area contributed by atoms with E-state index in [2.05, 4.69) is 0 Å². The summed E-state index contributed by atoms with van der Waals surface area (Å²) in [6.07, 6.45) is 1.11. The van der Waals surface area contributed by atoms with Gasteiger partial charge >= 0.3 is 5.97 Å². The third-order valence-corrected chi connectivity index (χ3v) is 2.57. The van der Waals surface area contributed by atoms with Crippen LogP contribution in [0.1, 0.15) is 30.9 Å². The van der Waals surface area contributed by atoms with Gasteiger partial charge in [0.05, 0.1) is 5.02 Å². The number of carboxylic acid groups (broad SMARTS) is 1. The molecule has 1 unspecified atom stereocenters. The number of aliphatic carboxylic acids is 1. The van der Waals surface area contributed by atoms with Crippen molar-refractivity contribution in [2.45, 2.75) is 25.3 Å². The topological polar surface area (TPSA) is 63.3 Å². The molecule has 0 aliphatic heterocycles. The maximum absolute atomic E-state index is 12.9. The van der Waals surface area contributed by atoms with E-state index in [4.69, 9.17) is 22.4 Å². The Morgan fingerprint density at radius 3 is 2.81 bits per heavy atom. The standard InChI is InChI=1S/C11H13ClFNO2/c12-8-6-7(4-5-9(8)13)10(14)2-1-3-11(15)16/h4-6,10H,1-3,14H2,(H,15,16). The second kappa shape index (κ2) is 5.82. The summed E-state index contributed by atoms with van der Waals surface area (Å²) in [5, 5.41) is 8.50. The Morgan fingerprint density at radius 1 is 1.56 bits per heavy atom. The molecule has 1 aromatic rings. The van der Waals surface area contributed by atoms with E-state index < -0.39 is 11.8 Å². The molecule has 3 N–H and O–H groups in total. The molecular weight excluding hydrogens is 233 g/mol. The molecule has 16 heavy (non-hydrogen) atoms. The van der Waals surface area contributed by atoms with Crippen molar-refractivity contribution < 1.29 is 14.3 Å². The molecule has 0 radical (unpaired) electrons. The second-order valence-corrected chi connectivity index (χ2v) is 3.97. The lowest BCUT2D eigenvalue weighted by molar-refractivity contribution is -0.137. The molecule has 0 aromatic heterocycles. The minimum absolute atomic E-state index is 0.0335. The zero-order chi connectivity index (χ0) is 12.1. The number of carboxylic acids is 1. The summed E-state index contributed by atoms with van der Waals surface area (Å²) in [5.74, 6) is -1.33. The maximum atomic E-state index is 12.9. The minimum atomic E-state index is -0.843. The van der Waals surface area contributed by atoms with E-state index in [1.54, 1.807) is 6.07 Å². The summed E-state index contributed by atoms with van der Waals surface area (Å²) in [6, 6.07) is 3.99. The van der Waals surface area contributed by atoms with Gasteiger partial charge in [-0.05, 0) is 30.5 Å². The molecule has 88 valence electrons. The molecule has 0 spiro atoms. The molecule has 0 bridgehead atoms. The van der Waals surface area contributed by atoms with Crippen molar-refractivity contribution in [1.29, 1.82) is 0 Å². The molecule has 0 heterocycles. The summed E-state index contributed by atoms with van der Waals surface area (Å²) in [6.45, 7) is 0. The molecule has 3 nitrogen and oxygen atoms in total. The normalized spacial score (nSPS) is 12.4. The van der Waals surface area contributed by atoms with Crippen LogP contribution < -0.4 is 5.73 Å². The highest BCUT2D eigenvalue weighted by molar-refractivity contribution is 6.30. The van der Waals surface area contributed by atoms with Gasteiger partial charge in [-0.1, -0.05) is 17.7 Å². The third kappa shape index (κ3) is 3.79. The van der Waals surface area contributed by atoms with Gasteiger partial charge < -0.3 is 10.8 Å². The van der Waals surface area contributed by atoms with E-state index in [1.165, 1.54) is 12.1 Å². The lowest BCUT2D eigenvalue weighted by Gasteiger charge is -2.11. The number of carbonyl (C=O) groups is 1. The van der Waals surface area contributed by atoms with Crippen LogP contribution in [0.2, 0.25) is 5.02 Å². The molecule has 1 atom stereocenters. The molecule has 0 aliphatic rings. The molecule has 0 aliphatic carbocycles. The lowest BCUT2D eigenvalue weighted by Crippen LogP contribution is -2.11. The number of rotatable bonds is 5. The molecular formula is C11H13ClFNO2. The fourth-order valence-corrected chi connectivity index (χ4v) is 1.57. The van der Waals surface area contributed by atoms with Gasteiger partial charge in [-0.2, -0.15) is 0 Å². The van der Waals surface area contributed by atoms with E-state index in [1.807, 2.05) is 0 Å². The smallest absolute Gasteiger partial charge is 0.303 e. The molecule has 5 heteroatoms. The van der Waals surface area contributed by atoms with Crippen molar-refractivity contribution in [1.82, 2.24) is 0 Å². The zero-order valence-corrected chi connectivity index (χ0v) is 9.38. The number of halogens is 2. The van der Waals surface area contributed by atoms with Gasteiger partial charge in [0.2, 0.25) is 0 Å². The van der Waals surface area contributed by atoms with Crippen LogP contribution in [-0.2, 0) is 4.79 Å². The summed E-state index contributed by atoms with van der Waals surface area (Å²) < 4.78 is 12.9. The predicted octanol–water partition coefficient (Wildman–Crippen LogP) is 2.73. The van der Waals surface area contributed by atoms with Crippen LogP contribution in [0.5, 0.6) is 0 Å². The largest absolute Gasteiger partial charge is 0.481 e. The van der Waals surface area contributed by atoms with Crippen LogP contribution >= 0.6 is 11.6 Å². The third-order valence-electron chi connectivity index (χ3n) is 2.28. The maximum Gasteiger partial charge on any atom is 0.303 e. The van der Waals surface area contributed by atoms with Crippen molar-refractivity contribution in [3.05, 3.63) is 34.6 Å². The Hall–Kier alpha value is -1.13. The highest BCUT2D eigenvalue weighted by Gasteiger charge is 2.09. The van der Waals surface area contributed by atoms with Gasteiger partial charge in [-0.15, -0.1) is 0 Å². The Bertz CT molecular complexity index is 384. The molecule has 0 saturated heterocycles. The summed E-state index contributed by atoms with van der Waals surface area (Å²) in [4.78, 5) is 10.3.